The zero-order valence-corrected chi connectivity index (χ0v) is 9.46. The minimum absolute atomic E-state index is 0. The fourth-order valence-corrected chi connectivity index (χ4v) is 1.78. The molecule has 0 aromatic heterocycles. The van der Waals surface area contributed by atoms with Crippen molar-refractivity contribution in [2.45, 2.75) is 6.54 Å². The van der Waals surface area contributed by atoms with E-state index in [4.69, 9.17) is 0 Å². The average Bonchev–Trinajstić information content (AvgIpc) is 2.19. The highest BCUT2D eigenvalue weighted by atomic mass is 35.5. The molecular formula is C11H17ClN2O. The first-order chi connectivity index (χ1) is 6.84. The molecular weight excluding hydrogens is 212 g/mol. The van der Waals surface area contributed by atoms with Crippen LogP contribution in [0.25, 0.3) is 0 Å². The van der Waals surface area contributed by atoms with Crippen molar-refractivity contribution in [3.63, 3.8) is 0 Å². The van der Waals surface area contributed by atoms with Crippen molar-refractivity contribution < 1.29 is 5.11 Å². The molecule has 0 amide bonds. The van der Waals surface area contributed by atoms with E-state index in [1.807, 2.05) is 12.1 Å². The molecule has 1 aliphatic heterocycles. The van der Waals surface area contributed by atoms with Gasteiger partial charge in [0.1, 0.15) is 5.75 Å². The minimum atomic E-state index is 0. The largest absolute Gasteiger partial charge is 0.508 e. The second-order valence-corrected chi connectivity index (χ2v) is 3.70. The van der Waals surface area contributed by atoms with Crippen molar-refractivity contribution in [1.29, 1.82) is 0 Å². The number of halogens is 1. The van der Waals surface area contributed by atoms with Gasteiger partial charge < -0.3 is 10.4 Å². The maximum Gasteiger partial charge on any atom is 0.115 e. The molecule has 0 bridgehead atoms. The standard InChI is InChI=1S/C11H16N2O.ClH/c14-11-3-1-2-10(8-11)9-13-6-4-12-5-7-13;/h1-3,8,12,14H,4-7,9H2;1H. The van der Waals surface area contributed by atoms with Gasteiger partial charge in [0.2, 0.25) is 0 Å². The van der Waals surface area contributed by atoms with Crippen LogP contribution in [0.2, 0.25) is 0 Å². The topological polar surface area (TPSA) is 35.5 Å². The van der Waals surface area contributed by atoms with Gasteiger partial charge in [0.25, 0.3) is 0 Å². The Kier molecular flexibility index (Phi) is 4.88. The minimum Gasteiger partial charge on any atom is -0.508 e. The van der Waals surface area contributed by atoms with Crippen LogP contribution in [0.3, 0.4) is 0 Å². The second kappa shape index (κ2) is 5.95. The van der Waals surface area contributed by atoms with E-state index in [0.717, 1.165) is 32.7 Å². The van der Waals surface area contributed by atoms with Crippen LogP contribution in [0, 0.1) is 0 Å². The third kappa shape index (κ3) is 3.70. The molecule has 0 radical (unpaired) electrons. The van der Waals surface area contributed by atoms with Gasteiger partial charge in [-0.2, -0.15) is 0 Å². The third-order valence-corrected chi connectivity index (χ3v) is 2.53. The lowest BCUT2D eigenvalue weighted by atomic mass is 10.2. The van der Waals surface area contributed by atoms with Crippen LogP contribution in [-0.4, -0.2) is 36.2 Å². The zero-order valence-electron chi connectivity index (χ0n) is 8.65. The van der Waals surface area contributed by atoms with Gasteiger partial charge in [-0.25, -0.2) is 0 Å². The van der Waals surface area contributed by atoms with E-state index in [1.165, 1.54) is 5.56 Å². The molecule has 2 N–H and O–H groups in total. The molecule has 1 aliphatic rings. The predicted octanol–water partition coefficient (Wildman–Crippen LogP) is 1.22. The molecule has 0 unspecified atom stereocenters. The zero-order chi connectivity index (χ0) is 9.80. The number of hydrogen-bond donors (Lipinski definition) is 2. The molecule has 1 aromatic rings. The molecule has 84 valence electrons. The Labute approximate surface area is 96.5 Å². The fourth-order valence-electron chi connectivity index (χ4n) is 1.78. The van der Waals surface area contributed by atoms with Gasteiger partial charge in [-0.15, -0.1) is 12.4 Å². The Morgan fingerprint density at radius 2 is 2.00 bits per heavy atom. The van der Waals surface area contributed by atoms with Gasteiger partial charge >= 0.3 is 0 Å². The van der Waals surface area contributed by atoms with E-state index in [9.17, 15) is 5.11 Å². The first-order valence-corrected chi connectivity index (χ1v) is 5.05. The summed E-state index contributed by atoms with van der Waals surface area (Å²) in [6.45, 7) is 5.26. The van der Waals surface area contributed by atoms with Crippen molar-refractivity contribution in [3.05, 3.63) is 29.8 Å². The molecule has 2 rings (SSSR count). The molecule has 3 nitrogen and oxygen atoms in total. The number of benzene rings is 1. The lowest BCUT2D eigenvalue weighted by Gasteiger charge is -2.27. The smallest absolute Gasteiger partial charge is 0.115 e. The second-order valence-electron chi connectivity index (χ2n) is 3.70. The Morgan fingerprint density at radius 1 is 1.27 bits per heavy atom. The molecule has 1 heterocycles. The van der Waals surface area contributed by atoms with Gasteiger partial charge in [0.15, 0.2) is 0 Å². The van der Waals surface area contributed by atoms with Crippen LogP contribution in [0.1, 0.15) is 5.56 Å². The summed E-state index contributed by atoms with van der Waals surface area (Å²) < 4.78 is 0. The van der Waals surface area contributed by atoms with E-state index in [1.54, 1.807) is 6.07 Å². The lowest BCUT2D eigenvalue weighted by Crippen LogP contribution is -2.42. The third-order valence-electron chi connectivity index (χ3n) is 2.53. The summed E-state index contributed by atoms with van der Waals surface area (Å²) in [4.78, 5) is 2.39. The van der Waals surface area contributed by atoms with Crippen LogP contribution >= 0.6 is 12.4 Å². The quantitative estimate of drug-likeness (QED) is 0.799. The van der Waals surface area contributed by atoms with E-state index >= 15 is 0 Å². The Morgan fingerprint density at radius 3 is 2.67 bits per heavy atom. The number of nitrogens with one attached hydrogen (secondary N) is 1. The van der Waals surface area contributed by atoms with Gasteiger partial charge in [-0.1, -0.05) is 12.1 Å². The highest BCUT2D eigenvalue weighted by molar-refractivity contribution is 5.85. The molecule has 0 aliphatic carbocycles. The molecule has 0 saturated carbocycles. The van der Waals surface area contributed by atoms with Crippen LogP contribution in [0.15, 0.2) is 24.3 Å². The van der Waals surface area contributed by atoms with Crippen molar-refractivity contribution in [2.24, 2.45) is 0 Å². The number of aromatic hydroxyl groups is 1. The van der Waals surface area contributed by atoms with Gasteiger partial charge in [0.05, 0.1) is 0 Å². The normalized spacial score (nSPS) is 17.1. The summed E-state index contributed by atoms with van der Waals surface area (Å²) in [6.07, 6.45) is 0. The highest BCUT2D eigenvalue weighted by Gasteiger charge is 2.09. The SMILES string of the molecule is Cl.Oc1cccc(CN2CCNCC2)c1. The summed E-state index contributed by atoms with van der Waals surface area (Å²) in [5.41, 5.74) is 1.19. The molecule has 0 spiro atoms. The monoisotopic (exact) mass is 228 g/mol. The Hall–Kier alpha value is -0.770. The predicted molar refractivity (Wildman–Crippen MR) is 63.5 cm³/mol. The van der Waals surface area contributed by atoms with Crippen LogP contribution in [-0.2, 0) is 6.54 Å². The Bertz CT molecular complexity index is 300. The van der Waals surface area contributed by atoms with E-state index in [-0.39, 0.29) is 12.4 Å². The molecule has 1 aromatic carbocycles. The Balaban J connectivity index is 0.00000112. The first kappa shape index (κ1) is 12.3. The average molecular weight is 229 g/mol. The molecule has 1 saturated heterocycles. The molecule has 4 heteroatoms. The summed E-state index contributed by atoms with van der Waals surface area (Å²) in [7, 11) is 0. The van der Waals surface area contributed by atoms with E-state index in [2.05, 4.69) is 16.3 Å². The molecule has 0 atom stereocenters. The summed E-state index contributed by atoms with van der Waals surface area (Å²) >= 11 is 0. The maximum absolute atomic E-state index is 9.31. The maximum atomic E-state index is 9.31. The number of phenolic OH excluding ortho intramolecular Hbond substituents is 1. The van der Waals surface area contributed by atoms with Gasteiger partial charge in [0, 0.05) is 32.7 Å². The van der Waals surface area contributed by atoms with Crippen LogP contribution in [0.5, 0.6) is 5.75 Å². The summed E-state index contributed by atoms with van der Waals surface area (Å²) in [5.74, 6) is 0.359. The van der Waals surface area contributed by atoms with Crippen molar-refractivity contribution in [3.8, 4) is 5.75 Å². The fraction of sp³-hybridized carbons (Fsp3) is 0.455. The summed E-state index contributed by atoms with van der Waals surface area (Å²) in [6, 6.07) is 7.50. The number of phenols is 1. The number of rotatable bonds is 2. The molecule has 1 fully saturated rings. The van der Waals surface area contributed by atoms with Gasteiger partial charge in [-0.3, -0.25) is 4.90 Å². The summed E-state index contributed by atoms with van der Waals surface area (Å²) in [5, 5.41) is 12.6. The molecule has 15 heavy (non-hydrogen) atoms. The van der Waals surface area contributed by atoms with Crippen molar-refractivity contribution in [2.75, 3.05) is 26.2 Å². The lowest BCUT2D eigenvalue weighted by molar-refractivity contribution is 0.233. The number of nitrogens with zero attached hydrogens (tertiary/aromatic N) is 1. The number of piperazine rings is 1. The number of hydrogen-bond acceptors (Lipinski definition) is 3. The van der Waals surface area contributed by atoms with Gasteiger partial charge in [-0.05, 0) is 17.7 Å². The van der Waals surface area contributed by atoms with E-state index < -0.39 is 0 Å². The van der Waals surface area contributed by atoms with E-state index in [0.29, 0.717) is 5.75 Å². The van der Waals surface area contributed by atoms with Crippen LogP contribution < -0.4 is 5.32 Å². The first-order valence-electron chi connectivity index (χ1n) is 5.05. The van der Waals surface area contributed by atoms with Crippen molar-refractivity contribution in [1.82, 2.24) is 10.2 Å². The van der Waals surface area contributed by atoms with Crippen LogP contribution in [0.4, 0.5) is 0 Å². The highest BCUT2D eigenvalue weighted by Crippen LogP contribution is 2.12. The van der Waals surface area contributed by atoms with Crippen molar-refractivity contribution >= 4 is 12.4 Å².